The highest BCUT2D eigenvalue weighted by atomic mass is 32.1. The lowest BCUT2D eigenvalue weighted by molar-refractivity contribution is 0.105. The van der Waals surface area contributed by atoms with Gasteiger partial charge in [0.25, 0.3) is 0 Å². The molecule has 18 heavy (non-hydrogen) atoms. The summed E-state index contributed by atoms with van der Waals surface area (Å²) in [6.07, 6.45) is 3.36. The third-order valence-corrected chi connectivity index (χ3v) is 3.46. The van der Waals surface area contributed by atoms with Gasteiger partial charge in [0.15, 0.2) is 5.78 Å². The van der Waals surface area contributed by atoms with Crippen molar-refractivity contribution < 1.29 is 9.53 Å². The van der Waals surface area contributed by atoms with Crippen LogP contribution < -0.4 is 4.74 Å². The standard InChI is InChI=1S/C14H13NO2S/c1-10-14(18-9-15-10)13(16)8-5-11-3-6-12(17-2)7-4-11/h3-9H,1-2H3/b8-5+. The van der Waals surface area contributed by atoms with Crippen molar-refractivity contribution >= 4 is 23.2 Å². The zero-order valence-corrected chi connectivity index (χ0v) is 11.0. The number of aromatic nitrogens is 1. The van der Waals surface area contributed by atoms with Gasteiger partial charge in [0.2, 0.25) is 0 Å². The Balaban J connectivity index is 2.11. The van der Waals surface area contributed by atoms with E-state index in [0.29, 0.717) is 4.88 Å². The number of allylic oxidation sites excluding steroid dienone is 1. The smallest absolute Gasteiger partial charge is 0.197 e. The van der Waals surface area contributed by atoms with E-state index in [1.54, 1.807) is 24.8 Å². The van der Waals surface area contributed by atoms with E-state index in [1.165, 1.54) is 11.3 Å². The maximum absolute atomic E-state index is 11.9. The monoisotopic (exact) mass is 259 g/mol. The summed E-state index contributed by atoms with van der Waals surface area (Å²) in [7, 11) is 1.63. The highest BCUT2D eigenvalue weighted by Gasteiger charge is 2.07. The molecular formula is C14H13NO2S. The molecule has 1 heterocycles. The highest BCUT2D eigenvalue weighted by Crippen LogP contribution is 2.15. The van der Waals surface area contributed by atoms with Crippen molar-refractivity contribution in [1.29, 1.82) is 0 Å². The number of carbonyl (C=O) groups excluding carboxylic acids is 1. The van der Waals surface area contributed by atoms with Crippen LogP contribution in [0.4, 0.5) is 0 Å². The number of aryl methyl sites for hydroxylation is 1. The van der Waals surface area contributed by atoms with Crippen molar-refractivity contribution in [2.45, 2.75) is 6.92 Å². The molecule has 0 aliphatic rings. The van der Waals surface area contributed by atoms with Gasteiger partial charge in [-0.25, -0.2) is 4.98 Å². The number of ether oxygens (including phenoxy) is 1. The third-order valence-electron chi connectivity index (χ3n) is 2.51. The first-order valence-electron chi connectivity index (χ1n) is 5.47. The molecule has 0 aliphatic heterocycles. The van der Waals surface area contributed by atoms with Gasteiger partial charge in [-0.3, -0.25) is 4.79 Å². The van der Waals surface area contributed by atoms with Gasteiger partial charge in [-0.05, 0) is 30.7 Å². The molecular weight excluding hydrogens is 246 g/mol. The fourth-order valence-corrected chi connectivity index (χ4v) is 2.22. The average molecular weight is 259 g/mol. The molecule has 0 saturated heterocycles. The molecule has 1 aromatic heterocycles. The van der Waals surface area contributed by atoms with Gasteiger partial charge in [0, 0.05) is 0 Å². The van der Waals surface area contributed by atoms with Gasteiger partial charge in [-0.1, -0.05) is 18.2 Å². The van der Waals surface area contributed by atoms with Crippen LogP contribution in [0.1, 0.15) is 20.9 Å². The molecule has 0 aliphatic carbocycles. The van der Waals surface area contributed by atoms with Crippen LogP contribution >= 0.6 is 11.3 Å². The number of methoxy groups -OCH3 is 1. The van der Waals surface area contributed by atoms with Crippen molar-refractivity contribution in [3.63, 3.8) is 0 Å². The van der Waals surface area contributed by atoms with Crippen molar-refractivity contribution in [3.05, 3.63) is 52.0 Å². The average Bonchev–Trinajstić information content (AvgIpc) is 2.83. The molecule has 0 bridgehead atoms. The van der Waals surface area contributed by atoms with Crippen LogP contribution in [0.3, 0.4) is 0 Å². The van der Waals surface area contributed by atoms with E-state index < -0.39 is 0 Å². The summed E-state index contributed by atoms with van der Waals surface area (Å²) in [4.78, 5) is 16.6. The van der Waals surface area contributed by atoms with E-state index in [2.05, 4.69) is 4.98 Å². The van der Waals surface area contributed by atoms with Crippen LogP contribution in [-0.4, -0.2) is 17.9 Å². The lowest BCUT2D eigenvalue weighted by Crippen LogP contribution is -1.93. The third kappa shape index (κ3) is 2.84. The van der Waals surface area contributed by atoms with Gasteiger partial charge >= 0.3 is 0 Å². The number of thiazole rings is 1. The molecule has 0 saturated carbocycles. The van der Waals surface area contributed by atoms with E-state index >= 15 is 0 Å². The van der Waals surface area contributed by atoms with Gasteiger partial charge in [-0.15, -0.1) is 11.3 Å². The molecule has 92 valence electrons. The first-order valence-corrected chi connectivity index (χ1v) is 6.35. The Hall–Kier alpha value is -1.94. The number of ketones is 1. The fourth-order valence-electron chi connectivity index (χ4n) is 1.50. The maximum atomic E-state index is 11.9. The Morgan fingerprint density at radius 2 is 2.06 bits per heavy atom. The molecule has 0 spiro atoms. The quantitative estimate of drug-likeness (QED) is 0.624. The number of rotatable bonds is 4. The van der Waals surface area contributed by atoms with Gasteiger partial charge < -0.3 is 4.74 Å². The second kappa shape index (κ2) is 5.60. The van der Waals surface area contributed by atoms with E-state index in [0.717, 1.165) is 17.0 Å². The zero-order chi connectivity index (χ0) is 13.0. The first-order chi connectivity index (χ1) is 8.70. The second-order valence-electron chi connectivity index (χ2n) is 3.74. The highest BCUT2D eigenvalue weighted by molar-refractivity contribution is 7.12. The number of hydrogen-bond acceptors (Lipinski definition) is 4. The van der Waals surface area contributed by atoms with Crippen molar-refractivity contribution in [2.75, 3.05) is 7.11 Å². The summed E-state index contributed by atoms with van der Waals surface area (Å²) < 4.78 is 5.07. The van der Waals surface area contributed by atoms with E-state index in [4.69, 9.17) is 4.74 Å². The van der Waals surface area contributed by atoms with Crippen LogP contribution in [0.2, 0.25) is 0 Å². The van der Waals surface area contributed by atoms with Gasteiger partial charge in [0.1, 0.15) is 5.75 Å². The molecule has 2 rings (SSSR count). The van der Waals surface area contributed by atoms with Gasteiger partial charge in [0.05, 0.1) is 23.2 Å². The molecule has 2 aromatic rings. The molecule has 0 radical (unpaired) electrons. The zero-order valence-electron chi connectivity index (χ0n) is 10.2. The largest absolute Gasteiger partial charge is 0.497 e. The summed E-state index contributed by atoms with van der Waals surface area (Å²) in [5.74, 6) is 0.794. The molecule has 0 unspecified atom stereocenters. The van der Waals surface area contributed by atoms with Crippen LogP contribution in [-0.2, 0) is 0 Å². The lowest BCUT2D eigenvalue weighted by atomic mass is 10.1. The number of benzene rings is 1. The fraction of sp³-hybridized carbons (Fsp3) is 0.143. The number of hydrogen-bond donors (Lipinski definition) is 0. The van der Waals surface area contributed by atoms with E-state index in [9.17, 15) is 4.79 Å². The minimum Gasteiger partial charge on any atom is -0.497 e. The molecule has 3 nitrogen and oxygen atoms in total. The predicted octanol–water partition coefficient (Wildman–Crippen LogP) is 3.36. The van der Waals surface area contributed by atoms with E-state index in [-0.39, 0.29) is 5.78 Å². The summed E-state index contributed by atoms with van der Waals surface area (Å²) in [5, 5.41) is 0. The van der Waals surface area contributed by atoms with Crippen molar-refractivity contribution in [1.82, 2.24) is 4.98 Å². The predicted molar refractivity (Wildman–Crippen MR) is 73.2 cm³/mol. The number of nitrogens with zero attached hydrogens (tertiary/aromatic N) is 1. The van der Waals surface area contributed by atoms with E-state index in [1.807, 2.05) is 31.2 Å². The Morgan fingerprint density at radius 3 is 2.61 bits per heavy atom. The van der Waals surface area contributed by atoms with Gasteiger partial charge in [-0.2, -0.15) is 0 Å². The minimum atomic E-state index is -0.00850. The Labute approximate surface area is 110 Å². The molecule has 1 aromatic carbocycles. The van der Waals surface area contributed by atoms with Crippen LogP contribution in [0, 0.1) is 6.92 Å². The lowest BCUT2D eigenvalue weighted by Gasteiger charge is -1.98. The summed E-state index contributed by atoms with van der Waals surface area (Å²) in [6.45, 7) is 1.84. The second-order valence-corrected chi connectivity index (χ2v) is 4.59. The Bertz CT molecular complexity index is 570. The Morgan fingerprint density at radius 1 is 1.33 bits per heavy atom. The van der Waals surface area contributed by atoms with Crippen molar-refractivity contribution in [3.8, 4) is 5.75 Å². The summed E-state index contributed by atoms with van der Waals surface area (Å²) in [5.41, 5.74) is 3.43. The molecule has 0 N–H and O–H groups in total. The molecule has 4 heteroatoms. The van der Waals surface area contributed by atoms with Crippen molar-refractivity contribution in [2.24, 2.45) is 0 Å². The normalized spacial score (nSPS) is 10.8. The first kappa shape index (κ1) is 12.5. The SMILES string of the molecule is COc1ccc(/C=C/C(=O)c2scnc2C)cc1. The number of carbonyl (C=O) groups is 1. The minimum absolute atomic E-state index is 0.00850. The molecule has 0 atom stereocenters. The molecule has 0 fully saturated rings. The Kier molecular flexibility index (Phi) is 3.89. The maximum Gasteiger partial charge on any atom is 0.197 e. The van der Waals surface area contributed by atoms with Crippen LogP contribution in [0.15, 0.2) is 35.9 Å². The van der Waals surface area contributed by atoms with Crippen LogP contribution in [0.5, 0.6) is 5.75 Å². The summed E-state index contributed by atoms with van der Waals surface area (Å²) in [6, 6.07) is 7.54. The topological polar surface area (TPSA) is 39.2 Å². The summed E-state index contributed by atoms with van der Waals surface area (Å²) >= 11 is 1.37. The molecule has 0 amide bonds. The van der Waals surface area contributed by atoms with Crippen LogP contribution in [0.25, 0.3) is 6.08 Å².